The number of aromatic nitrogens is 3. The minimum Gasteiger partial charge on any atom is -0.457 e. The van der Waals surface area contributed by atoms with Crippen LogP contribution >= 0.6 is 11.3 Å². The van der Waals surface area contributed by atoms with Crippen LogP contribution in [0.15, 0.2) is 61.1 Å². The third-order valence-electron chi connectivity index (χ3n) is 4.89. The van der Waals surface area contributed by atoms with E-state index in [0.29, 0.717) is 22.8 Å². The second kappa shape index (κ2) is 9.28. The first kappa shape index (κ1) is 21.6. The van der Waals surface area contributed by atoms with Crippen molar-refractivity contribution in [1.29, 1.82) is 0 Å². The van der Waals surface area contributed by atoms with Gasteiger partial charge in [-0.1, -0.05) is 17.7 Å². The van der Waals surface area contributed by atoms with E-state index >= 15 is 0 Å². The van der Waals surface area contributed by atoms with Gasteiger partial charge in [-0.3, -0.25) is 14.8 Å². The van der Waals surface area contributed by atoms with E-state index in [1.807, 2.05) is 70.3 Å². The molecule has 4 rings (SSSR count). The molecule has 2 aromatic heterocycles. The summed E-state index contributed by atoms with van der Waals surface area (Å²) < 4.78 is 6.07. The van der Waals surface area contributed by atoms with Crippen LogP contribution in [-0.2, 0) is 0 Å². The number of nitrogens with zero attached hydrogens (tertiary/aromatic N) is 3. The summed E-state index contributed by atoms with van der Waals surface area (Å²) in [4.78, 5) is 27.3. The van der Waals surface area contributed by atoms with Crippen LogP contribution in [0.5, 0.6) is 11.5 Å². The first-order chi connectivity index (χ1) is 15.4. The van der Waals surface area contributed by atoms with Crippen molar-refractivity contribution in [2.75, 3.05) is 0 Å². The molecular weight excluding hydrogens is 420 g/mol. The molecule has 0 saturated heterocycles. The normalized spacial score (nSPS) is 11.8. The Morgan fingerprint density at radius 1 is 0.938 bits per heavy atom. The molecule has 0 spiro atoms. The molecule has 32 heavy (non-hydrogen) atoms. The van der Waals surface area contributed by atoms with Gasteiger partial charge in [-0.2, -0.15) is 0 Å². The Morgan fingerprint density at radius 3 is 2.38 bits per heavy atom. The molecule has 0 radical (unpaired) electrons. The van der Waals surface area contributed by atoms with Gasteiger partial charge in [-0.15, -0.1) is 11.3 Å². The van der Waals surface area contributed by atoms with Crippen LogP contribution in [0.2, 0.25) is 0 Å². The Labute approximate surface area is 191 Å². The Balaban J connectivity index is 1.64. The van der Waals surface area contributed by atoms with Crippen molar-refractivity contribution in [1.82, 2.24) is 20.3 Å². The molecule has 0 aliphatic rings. The van der Waals surface area contributed by atoms with Crippen molar-refractivity contribution in [3.05, 3.63) is 88.4 Å². The number of rotatable bonds is 6. The minimum absolute atomic E-state index is 0.219. The van der Waals surface area contributed by atoms with Crippen LogP contribution in [-0.4, -0.2) is 20.9 Å². The predicted octanol–water partition coefficient (Wildman–Crippen LogP) is 5.81. The van der Waals surface area contributed by atoms with Gasteiger partial charge in [0.1, 0.15) is 16.5 Å². The fraction of sp³-hybridized carbons (Fsp3) is 0.200. The zero-order valence-corrected chi connectivity index (χ0v) is 19.2. The summed E-state index contributed by atoms with van der Waals surface area (Å²) >= 11 is 1.57. The van der Waals surface area contributed by atoms with Crippen molar-refractivity contribution in [3.63, 3.8) is 0 Å². The number of amides is 1. The van der Waals surface area contributed by atoms with E-state index < -0.39 is 0 Å². The van der Waals surface area contributed by atoms with Crippen LogP contribution in [0.4, 0.5) is 0 Å². The largest absolute Gasteiger partial charge is 0.457 e. The van der Waals surface area contributed by atoms with Gasteiger partial charge in [0, 0.05) is 28.4 Å². The highest BCUT2D eigenvalue weighted by atomic mass is 32.1. The first-order valence-corrected chi connectivity index (χ1v) is 11.1. The minimum atomic E-state index is -0.289. The van der Waals surface area contributed by atoms with Gasteiger partial charge in [-0.25, -0.2) is 4.98 Å². The molecule has 0 saturated carbocycles. The second-order valence-corrected chi connectivity index (χ2v) is 8.95. The average Bonchev–Trinajstić information content (AvgIpc) is 3.22. The summed E-state index contributed by atoms with van der Waals surface area (Å²) in [5.41, 5.74) is 4.01. The fourth-order valence-electron chi connectivity index (χ4n) is 3.12. The Morgan fingerprint density at radius 2 is 1.72 bits per heavy atom. The van der Waals surface area contributed by atoms with Crippen LogP contribution in [0, 0.1) is 20.8 Å². The molecule has 7 heteroatoms. The molecule has 4 aromatic rings. The molecule has 1 atom stereocenters. The highest BCUT2D eigenvalue weighted by Crippen LogP contribution is 2.32. The predicted molar refractivity (Wildman–Crippen MR) is 126 cm³/mol. The van der Waals surface area contributed by atoms with E-state index in [1.165, 1.54) is 0 Å². The van der Waals surface area contributed by atoms with E-state index in [1.54, 1.807) is 29.8 Å². The number of aryl methyl sites for hydroxylation is 3. The highest BCUT2D eigenvalue weighted by molar-refractivity contribution is 7.14. The number of carbonyl (C=O) groups is 1. The molecule has 0 bridgehead atoms. The van der Waals surface area contributed by atoms with Crippen molar-refractivity contribution >= 4 is 17.2 Å². The Bertz CT molecular complexity index is 1230. The van der Waals surface area contributed by atoms with Crippen molar-refractivity contribution in [2.24, 2.45) is 0 Å². The number of carbonyl (C=O) groups excluding carboxylic acids is 1. The average molecular weight is 445 g/mol. The summed E-state index contributed by atoms with van der Waals surface area (Å²) in [6.45, 7) is 7.79. The standard InChI is InChI=1S/C25H24N4O2S/c1-15-5-7-21(8-6-15)31-22-10-19(9-20(11-22)25-28-13-17(3)32-25)24(30)29-18(4)23-14-26-16(2)12-27-23/h5-14,18H,1-4H3,(H,29,30)/t18-/m1/s1. The zero-order valence-electron chi connectivity index (χ0n) is 18.4. The molecule has 162 valence electrons. The first-order valence-electron chi connectivity index (χ1n) is 10.3. The van der Waals surface area contributed by atoms with Gasteiger partial charge < -0.3 is 10.1 Å². The van der Waals surface area contributed by atoms with Crippen molar-refractivity contribution in [3.8, 4) is 22.1 Å². The van der Waals surface area contributed by atoms with E-state index in [0.717, 1.165) is 26.7 Å². The summed E-state index contributed by atoms with van der Waals surface area (Å²) in [7, 11) is 0. The molecule has 1 amide bonds. The van der Waals surface area contributed by atoms with Crippen molar-refractivity contribution in [2.45, 2.75) is 33.7 Å². The number of hydrogen-bond acceptors (Lipinski definition) is 6. The number of thiazole rings is 1. The zero-order chi connectivity index (χ0) is 22.7. The SMILES string of the molecule is Cc1ccc(Oc2cc(C(=O)N[C@H](C)c3cnc(C)cn3)cc(-c3ncc(C)s3)c2)cc1. The summed E-state index contributed by atoms with van der Waals surface area (Å²) in [5, 5.41) is 3.84. The third-order valence-corrected chi connectivity index (χ3v) is 5.85. The van der Waals surface area contributed by atoms with Gasteiger partial charge in [0.05, 0.1) is 23.6 Å². The third kappa shape index (κ3) is 5.18. The van der Waals surface area contributed by atoms with E-state index in [2.05, 4.69) is 20.3 Å². The summed E-state index contributed by atoms with van der Waals surface area (Å²) in [6, 6.07) is 13.0. The molecule has 1 N–H and O–H groups in total. The summed E-state index contributed by atoms with van der Waals surface area (Å²) in [5.74, 6) is 1.06. The number of ether oxygens (including phenoxy) is 1. The molecule has 6 nitrogen and oxygen atoms in total. The topological polar surface area (TPSA) is 77.0 Å². The van der Waals surface area contributed by atoms with E-state index in [-0.39, 0.29) is 11.9 Å². The molecule has 0 fully saturated rings. The Hall–Kier alpha value is -3.58. The maximum atomic E-state index is 13.1. The monoisotopic (exact) mass is 444 g/mol. The maximum Gasteiger partial charge on any atom is 0.251 e. The fourth-order valence-corrected chi connectivity index (χ4v) is 3.87. The number of nitrogens with one attached hydrogen (secondary N) is 1. The Kier molecular flexibility index (Phi) is 6.28. The molecule has 0 aliphatic heterocycles. The quantitative estimate of drug-likeness (QED) is 0.406. The lowest BCUT2D eigenvalue weighted by Crippen LogP contribution is -2.27. The smallest absolute Gasteiger partial charge is 0.251 e. The molecular formula is C25H24N4O2S. The lowest BCUT2D eigenvalue weighted by Gasteiger charge is -2.15. The van der Waals surface area contributed by atoms with E-state index in [4.69, 9.17) is 4.74 Å². The van der Waals surface area contributed by atoms with Gasteiger partial charge in [0.2, 0.25) is 0 Å². The van der Waals surface area contributed by atoms with Crippen molar-refractivity contribution < 1.29 is 9.53 Å². The van der Waals surface area contributed by atoms with Crippen LogP contribution < -0.4 is 10.1 Å². The highest BCUT2D eigenvalue weighted by Gasteiger charge is 2.16. The molecule has 0 aliphatic carbocycles. The molecule has 2 aromatic carbocycles. The molecule has 2 heterocycles. The van der Waals surface area contributed by atoms with Crippen LogP contribution in [0.3, 0.4) is 0 Å². The van der Waals surface area contributed by atoms with Crippen LogP contribution in [0.25, 0.3) is 10.6 Å². The van der Waals surface area contributed by atoms with Gasteiger partial charge >= 0.3 is 0 Å². The van der Waals surface area contributed by atoms with Gasteiger partial charge in [-0.05, 0) is 58.0 Å². The molecule has 0 unspecified atom stereocenters. The number of benzene rings is 2. The van der Waals surface area contributed by atoms with Gasteiger partial charge in [0.15, 0.2) is 0 Å². The lowest BCUT2D eigenvalue weighted by molar-refractivity contribution is 0.0939. The maximum absolute atomic E-state index is 13.1. The second-order valence-electron chi connectivity index (χ2n) is 7.72. The van der Waals surface area contributed by atoms with Crippen LogP contribution in [0.1, 0.15) is 45.2 Å². The van der Waals surface area contributed by atoms with E-state index in [9.17, 15) is 4.79 Å². The number of hydrogen-bond donors (Lipinski definition) is 1. The summed E-state index contributed by atoms with van der Waals surface area (Å²) in [6.07, 6.45) is 5.20. The lowest BCUT2D eigenvalue weighted by atomic mass is 10.1. The van der Waals surface area contributed by atoms with Gasteiger partial charge in [0.25, 0.3) is 5.91 Å².